The van der Waals surface area contributed by atoms with Crippen LogP contribution in [0, 0.1) is 0 Å². The molecule has 4 heteroatoms. The van der Waals surface area contributed by atoms with Crippen LogP contribution in [-0.2, 0) is 4.79 Å². The van der Waals surface area contributed by atoms with Gasteiger partial charge in [0, 0.05) is 17.7 Å². The Morgan fingerprint density at radius 3 is 3.07 bits per heavy atom. The van der Waals surface area contributed by atoms with E-state index in [4.69, 9.17) is 5.11 Å². The molecule has 0 heterocycles. The van der Waals surface area contributed by atoms with Crippen molar-refractivity contribution in [1.82, 2.24) is 0 Å². The zero-order valence-electron chi connectivity index (χ0n) is 7.78. The van der Waals surface area contributed by atoms with E-state index in [1.54, 1.807) is 23.9 Å². The molecule has 2 nitrogen and oxygen atoms in total. The maximum atomic E-state index is 12.6. The molecule has 1 rings (SSSR count). The molecule has 0 amide bonds. The number of carboxylic acids is 1. The van der Waals surface area contributed by atoms with Gasteiger partial charge in [0.25, 0.3) is 0 Å². The minimum atomic E-state index is -0.849. The molecule has 0 bridgehead atoms. The molecule has 0 saturated heterocycles. The van der Waals surface area contributed by atoms with Crippen LogP contribution in [-0.4, -0.2) is 23.0 Å². The first-order valence-electron chi connectivity index (χ1n) is 4.55. The Kier molecular flexibility index (Phi) is 4.73. The normalized spacial score (nSPS) is 20.6. The van der Waals surface area contributed by atoms with Crippen molar-refractivity contribution in [3.8, 4) is 0 Å². The van der Waals surface area contributed by atoms with Gasteiger partial charge in [0.05, 0.1) is 0 Å². The van der Waals surface area contributed by atoms with E-state index in [-0.39, 0.29) is 6.42 Å². The van der Waals surface area contributed by atoms with E-state index in [0.717, 1.165) is 10.7 Å². The fraction of sp³-hybridized carbons (Fsp3) is 0.500. The van der Waals surface area contributed by atoms with Crippen LogP contribution in [0.4, 0.5) is 4.39 Å². The molecule has 1 atom stereocenters. The molecule has 0 aliphatic heterocycles. The summed E-state index contributed by atoms with van der Waals surface area (Å²) in [5.41, 5.74) is 0. The average molecular weight is 216 g/mol. The highest BCUT2D eigenvalue weighted by atomic mass is 32.2. The standard InChI is InChI=1S/C10H13FO2S/c11-8-3-5-9(6-4-8)14-7-1-2-10(12)13/h3,5-6,8H,1-2,4,7H2,(H,12,13). The summed E-state index contributed by atoms with van der Waals surface area (Å²) in [5, 5.41) is 8.40. The number of aliphatic carboxylic acids is 1. The average Bonchev–Trinajstić information content (AvgIpc) is 2.15. The lowest BCUT2D eigenvalue weighted by molar-refractivity contribution is -0.137. The Hall–Kier alpha value is -0.770. The van der Waals surface area contributed by atoms with Crippen LogP contribution in [0.15, 0.2) is 23.1 Å². The van der Waals surface area contributed by atoms with Gasteiger partial charge < -0.3 is 5.11 Å². The summed E-state index contributed by atoms with van der Waals surface area (Å²) in [6.07, 6.45) is 5.62. The highest BCUT2D eigenvalue weighted by molar-refractivity contribution is 8.03. The molecular formula is C10H13FO2S. The van der Waals surface area contributed by atoms with E-state index in [9.17, 15) is 9.18 Å². The summed E-state index contributed by atoms with van der Waals surface area (Å²) in [6, 6.07) is 0. The van der Waals surface area contributed by atoms with Crippen molar-refractivity contribution in [2.24, 2.45) is 0 Å². The van der Waals surface area contributed by atoms with Crippen LogP contribution < -0.4 is 0 Å². The quantitative estimate of drug-likeness (QED) is 0.718. The molecule has 0 spiro atoms. The van der Waals surface area contributed by atoms with E-state index in [0.29, 0.717) is 12.8 Å². The van der Waals surface area contributed by atoms with Crippen LogP contribution in [0.1, 0.15) is 19.3 Å². The van der Waals surface area contributed by atoms with E-state index in [1.165, 1.54) is 0 Å². The SMILES string of the molecule is O=C(O)CCCSC1=CCC(F)C=C1. The number of hydrogen-bond acceptors (Lipinski definition) is 2. The van der Waals surface area contributed by atoms with Crippen molar-refractivity contribution in [2.45, 2.75) is 25.4 Å². The number of thioether (sulfide) groups is 1. The Labute approximate surface area is 86.9 Å². The fourth-order valence-electron chi connectivity index (χ4n) is 1.10. The molecule has 0 saturated carbocycles. The van der Waals surface area contributed by atoms with Crippen molar-refractivity contribution >= 4 is 17.7 Å². The lowest BCUT2D eigenvalue weighted by Crippen LogP contribution is -1.98. The summed E-state index contributed by atoms with van der Waals surface area (Å²) >= 11 is 1.59. The van der Waals surface area contributed by atoms with Gasteiger partial charge in [0.1, 0.15) is 6.17 Å². The number of carbonyl (C=O) groups is 1. The fourth-order valence-corrected chi connectivity index (χ4v) is 2.01. The molecule has 1 unspecified atom stereocenters. The summed E-state index contributed by atoms with van der Waals surface area (Å²) in [5.74, 6) is 0.0157. The molecule has 1 N–H and O–H groups in total. The van der Waals surface area contributed by atoms with Gasteiger partial charge in [0.15, 0.2) is 0 Å². The Balaban J connectivity index is 2.14. The van der Waals surface area contributed by atoms with Gasteiger partial charge in [-0.1, -0.05) is 12.2 Å². The number of rotatable bonds is 5. The van der Waals surface area contributed by atoms with E-state index in [1.807, 2.05) is 6.08 Å². The molecule has 0 aromatic carbocycles. The van der Waals surface area contributed by atoms with Crippen molar-refractivity contribution in [2.75, 3.05) is 5.75 Å². The van der Waals surface area contributed by atoms with E-state index < -0.39 is 12.1 Å². The van der Waals surface area contributed by atoms with Crippen LogP contribution in [0.5, 0.6) is 0 Å². The van der Waals surface area contributed by atoms with Crippen LogP contribution in [0.3, 0.4) is 0 Å². The molecule has 0 fully saturated rings. The molecule has 0 aromatic heterocycles. The van der Waals surface area contributed by atoms with Crippen molar-refractivity contribution in [3.63, 3.8) is 0 Å². The monoisotopic (exact) mass is 216 g/mol. The minimum Gasteiger partial charge on any atom is -0.481 e. The molecule has 1 aliphatic carbocycles. The molecular weight excluding hydrogens is 203 g/mol. The molecule has 1 aliphatic rings. The van der Waals surface area contributed by atoms with Gasteiger partial charge >= 0.3 is 5.97 Å². The minimum absolute atomic E-state index is 0.204. The highest BCUT2D eigenvalue weighted by Crippen LogP contribution is 2.24. The lowest BCUT2D eigenvalue weighted by Gasteiger charge is -2.08. The second-order valence-electron chi connectivity index (χ2n) is 3.06. The summed E-state index contributed by atoms with van der Waals surface area (Å²) in [4.78, 5) is 11.3. The molecule has 14 heavy (non-hydrogen) atoms. The maximum Gasteiger partial charge on any atom is 0.303 e. The van der Waals surface area contributed by atoms with Crippen molar-refractivity contribution in [3.05, 3.63) is 23.1 Å². The zero-order valence-corrected chi connectivity index (χ0v) is 8.60. The van der Waals surface area contributed by atoms with Crippen molar-refractivity contribution in [1.29, 1.82) is 0 Å². The third-order valence-corrected chi connectivity index (χ3v) is 2.95. The van der Waals surface area contributed by atoms with Crippen LogP contribution >= 0.6 is 11.8 Å². The second kappa shape index (κ2) is 5.86. The largest absolute Gasteiger partial charge is 0.481 e. The second-order valence-corrected chi connectivity index (χ2v) is 4.23. The van der Waals surface area contributed by atoms with Gasteiger partial charge in [-0.2, -0.15) is 0 Å². The van der Waals surface area contributed by atoms with Gasteiger partial charge in [-0.3, -0.25) is 4.79 Å². The summed E-state index contributed by atoms with van der Waals surface area (Å²) in [6.45, 7) is 0. The molecule has 0 radical (unpaired) electrons. The predicted molar refractivity (Wildman–Crippen MR) is 56.1 cm³/mol. The van der Waals surface area contributed by atoms with Crippen LogP contribution in [0.25, 0.3) is 0 Å². The number of alkyl halides is 1. The lowest BCUT2D eigenvalue weighted by atomic mass is 10.2. The Morgan fingerprint density at radius 1 is 1.71 bits per heavy atom. The zero-order chi connectivity index (χ0) is 10.4. The first-order chi connectivity index (χ1) is 6.68. The van der Waals surface area contributed by atoms with Gasteiger partial charge in [0.2, 0.25) is 0 Å². The first-order valence-corrected chi connectivity index (χ1v) is 5.54. The number of halogens is 1. The summed E-state index contributed by atoms with van der Waals surface area (Å²) in [7, 11) is 0. The van der Waals surface area contributed by atoms with Gasteiger partial charge in [-0.15, -0.1) is 11.8 Å². The maximum absolute atomic E-state index is 12.6. The smallest absolute Gasteiger partial charge is 0.303 e. The summed E-state index contributed by atoms with van der Waals surface area (Å²) < 4.78 is 12.6. The number of allylic oxidation sites excluding steroid dienone is 3. The van der Waals surface area contributed by atoms with E-state index >= 15 is 0 Å². The predicted octanol–water partition coefficient (Wildman–Crippen LogP) is 2.77. The van der Waals surface area contributed by atoms with E-state index in [2.05, 4.69) is 0 Å². The number of carboxylic acid groups (broad SMARTS) is 1. The van der Waals surface area contributed by atoms with Gasteiger partial charge in [-0.05, 0) is 18.2 Å². The van der Waals surface area contributed by atoms with Gasteiger partial charge in [-0.25, -0.2) is 4.39 Å². The number of hydrogen-bond donors (Lipinski definition) is 1. The third-order valence-electron chi connectivity index (χ3n) is 1.82. The topological polar surface area (TPSA) is 37.3 Å². The first kappa shape index (κ1) is 11.3. The molecule has 78 valence electrons. The molecule has 0 aromatic rings. The van der Waals surface area contributed by atoms with Crippen LogP contribution in [0.2, 0.25) is 0 Å². The Bertz CT molecular complexity index is 261. The van der Waals surface area contributed by atoms with Crippen molar-refractivity contribution < 1.29 is 14.3 Å². The Morgan fingerprint density at radius 2 is 2.50 bits per heavy atom. The highest BCUT2D eigenvalue weighted by Gasteiger charge is 2.06. The third kappa shape index (κ3) is 4.46.